The number of rotatable bonds is 2. The van der Waals surface area contributed by atoms with E-state index in [9.17, 15) is 4.39 Å². The van der Waals surface area contributed by atoms with Crippen molar-refractivity contribution in [3.63, 3.8) is 0 Å². The molecule has 0 aliphatic heterocycles. The average molecular weight is 268 g/mol. The molecule has 0 fully saturated rings. The van der Waals surface area contributed by atoms with Gasteiger partial charge in [0.25, 0.3) is 0 Å². The van der Waals surface area contributed by atoms with Gasteiger partial charge < -0.3 is 4.74 Å². The molecule has 0 bridgehead atoms. The highest BCUT2D eigenvalue weighted by atomic mass is 19.1. The predicted molar refractivity (Wildman–Crippen MR) is 69.6 cm³/mol. The van der Waals surface area contributed by atoms with Crippen LogP contribution in [0.15, 0.2) is 36.5 Å². The Kier molecular flexibility index (Phi) is 2.80. The highest BCUT2D eigenvalue weighted by Crippen LogP contribution is 2.31. The lowest BCUT2D eigenvalue weighted by Gasteiger charge is -2.07. The van der Waals surface area contributed by atoms with Crippen LogP contribution in [0.25, 0.3) is 17.0 Å². The van der Waals surface area contributed by atoms with Crippen LogP contribution < -0.4 is 4.74 Å². The van der Waals surface area contributed by atoms with E-state index in [0.717, 1.165) is 0 Å². The Bertz CT molecular complexity index is 835. The molecule has 3 rings (SSSR count). The number of nitriles is 1. The van der Waals surface area contributed by atoms with Gasteiger partial charge in [-0.1, -0.05) is 6.07 Å². The summed E-state index contributed by atoms with van der Waals surface area (Å²) in [5, 5.41) is 16.8. The fourth-order valence-electron chi connectivity index (χ4n) is 2.02. The van der Waals surface area contributed by atoms with Crippen molar-refractivity contribution in [2.75, 3.05) is 7.11 Å². The lowest BCUT2D eigenvalue weighted by atomic mass is 10.1. The molecule has 2 heterocycles. The number of methoxy groups -OCH3 is 1. The predicted octanol–water partition coefficient (Wildman–Crippen LogP) is 2.42. The molecule has 0 aliphatic carbocycles. The van der Waals surface area contributed by atoms with Gasteiger partial charge in [-0.3, -0.25) is 4.40 Å². The number of hydrogen-bond acceptors (Lipinski definition) is 4. The summed E-state index contributed by atoms with van der Waals surface area (Å²) in [4.78, 5) is 0. The van der Waals surface area contributed by atoms with Crippen LogP contribution in [0.2, 0.25) is 0 Å². The van der Waals surface area contributed by atoms with Gasteiger partial charge in [0.1, 0.15) is 11.6 Å². The number of halogens is 1. The van der Waals surface area contributed by atoms with E-state index in [4.69, 9.17) is 10.00 Å². The van der Waals surface area contributed by atoms with Crippen LogP contribution in [0, 0.1) is 17.1 Å². The normalized spacial score (nSPS) is 10.4. The smallest absolute Gasteiger partial charge is 0.175 e. The summed E-state index contributed by atoms with van der Waals surface area (Å²) in [6.45, 7) is 0. The minimum atomic E-state index is -0.442. The molecule has 0 saturated carbocycles. The van der Waals surface area contributed by atoms with Gasteiger partial charge in [0, 0.05) is 12.3 Å². The Hall–Kier alpha value is -2.94. The zero-order valence-corrected chi connectivity index (χ0v) is 10.5. The summed E-state index contributed by atoms with van der Waals surface area (Å²) in [7, 11) is 1.47. The fraction of sp³-hybridized carbons (Fsp3) is 0.0714. The molecule has 0 amide bonds. The van der Waals surface area contributed by atoms with Crippen LogP contribution in [0.4, 0.5) is 4.39 Å². The number of benzene rings is 1. The van der Waals surface area contributed by atoms with E-state index in [1.54, 1.807) is 34.9 Å². The van der Waals surface area contributed by atoms with Gasteiger partial charge in [0.2, 0.25) is 0 Å². The molecule has 6 heteroatoms. The molecular formula is C14H9FN4O. The lowest BCUT2D eigenvalue weighted by Crippen LogP contribution is -1.96. The number of hydrogen-bond donors (Lipinski definition) is 0. The fourth-order valence-corrected chi connectivity index (χ4v) is 2.02. The first kappa shape index (κ1) is 12.1. The molecule has 5 nitrogen and oxygen atoms in total. The SMILES string of the molecule is COc1cccc(F)c1-c1nnc2cc(C#N)ccn12. The van der Waals surface area contributed by atoms with Crippen molar-refractivity contribution in [3.05, 3.63) is 47.9 Å². The zero-order valence-electron chi connectivity index (χ0n) is 10.5. The van der Waals surface area contributed by atoms with Crippen LogP contribution >= 0.6 is 0 Å². The quantitative estimate of drug-likeness (QED) is 0.716. The monoisotopic (exact) mass is 268 g/mol. The van der Waals surface area contributed by atoms with E-state index in [1.807, 2.05) is 6.07 Å². The Morgan fingerprint density at radius 3 is 2.90 bits per heavy atom. The van der Waals surface area contributed by atoms with Crippen molar-refractivity contribution in [1.82, 2.24) is 14.6 Å². The second-order valence-corrected chi connectivity index (χ2v) is 4.10. The van der Waals surface area contributed by atoms with E-state index in [-0.39, 0.29) is 5.56 Å². The number of nitrogens with zero attached hydrogens (tertiary/aromatic N) is 4. The van der Waals surface area contributed by atoms with Gasteiger partial charge in [-0.05, 0) is 18.2 Å². The van der Waals surface area contributed by atoms with Crippen LogP contribution in [-0.4, -0.2) is 21.7 Å². The first-order valence-electron chi connectivity index (χ1n) is 5.82. The topological polar surface area (TPSA) is 63.2 Å². The third-order valence-corrected chi connectivity index (χ3v) is 2.96. The van der Waals surface area contributed by atoms with Crippen molar-refractivity contribution in [2.45, 2.75) is 0 Å². The maximum atomic E-state index is 14.1. The van der Waals surface area contributed by atoms with E-state index in [0.29, 0.717) is 22.8 Å². The van der Waals surface area contributed by atoms with Gasteiger partial charge >= 0.3 is 0 Å². The Labute approximate surface area is 113 Å². The van der Waals surface area contributed by atoms with Crippen molar-refractivity contribution in [2.24, 2.45) is 0 Å². The molecule has 0 aliphatic rings. The second kappa shape index (κ2) is 4.63. The Morgan fingerprint density at radius 1 is 1.30 bits per heavy atom. The molecule has 0 unspecified atom stereocenters. The van der Waals surface area contributed by atoms with Crippen LogP contribution in [0.3, 0.4) is 0 Å². The van der Waals surface area contributed by atoms with Crippen molar-refractivity contribution in [3.8, 4) is 23.2 Å². The molecule has 1 aromatic carbocycles. The van der Waals surface area contributed by atoms with Crippen molar-refractivity contribution in [1.29, 1.82) is 5.26 Å². The summed E-state index contributed by atoms with van der Waals surface area (Å²) in [5.41, 5.74) is 1.19. The average Bonchev–Trinajstić information content (AvgIpc) is 2.89. The highest BCUT2D eigenvalue weighted by molar-refractivity contribution is 5.67. The number of fused-ring (bicyclic) bond motifs is 1. The van der Waals surface area contributed by atoms with Crippen molar-refractivity contribution < 1.29 is 9.13 Å². The van der Waals surface area contributed by atoms with Gasteiger partial charge in [-0.2, -0.15) is 5.26 Å². The number of aromatic nitrogens is 3. The first-order chi connectivity index (χ1) is 9.74. The summed E-state index contributed by atoms with van der Waals surface area (Å²) >= 11 is 0. The number of pyridine rings is 1. The molecule has 0 atom stereocenters. The summed E-state index contributed by atoms with van der Waals surface area (Å²) in [6.07, 6.45) is 1.63. The summed E-state index contributed by atoms with van der Waals surface area (Å²) in [5.74, 6) is 0.270. The largest absolute Gasteiger partial charge is 0.496 e. The maximum absolute atomic E-state index is 14.1. The minimum Gasteiger partial charge on any atom is -0.496 e. The van der Waals surface area contributed by atoms with Crippen LogP contribution in [0.5, 0.6) is 5.75 Å². The molecule has 20 heavy (non-hydrogen) atoms. The van der Waals surface area contributed by atoms with Crippen LogP contribution in [-0.2, 0) is 0 Å². The van der Waals surface area contributed by atoms with E-state index < -0.39 is 5.82 Å². The molecule has 0 N–H and O–H groups in total. The molecule has 2 aromatic heterocycles. The highest BCUT2D eigenvalue weighted by Gasteiger charge is 2.17. The van der Waals surface area contributed by atoms with Gasteiger partial charge in [-0.25, -0.2) is 4.39 Å². The van der Waals surface area contributed by atoms with E-state index >= 15 is 0 Å². The molecule has 3 aromatic rings. The second-order valence-electron chi connectivity index (χ2n) is 4.10. The standard InChI is InChI=1S/C14H9FN4O/c1-20-11-4-2-3-10(15)13(11)14-18-17-12-7-9(8-16)5-6-19(12)14/h2-7H,1H3. The third-order valence-electron chi connectivity index (χ3n) is 2.96. The van der Waals surface area contributed by atoms with Gasteiger partial charge in [0.15, 0.2) is 11.5 Å². The zero-order chi connectivity index (χ0) is 14.1. The van der Waals surface area contributed by atoms with E-state index in [2.05, 4.69) is 10.2 Å². The summed E-state index contributed by atoms with van der Waals surface area (Å²) in [6, 6.07) is 9.78. The van der Waals surface area contributed by atoms with Crippen LogP contribution in [0.1, 0.15) is 5.56 Å². The minimum absolute atomic E-state index is 0.243. The maximum Gasteiger partial charge on any atom is 0.175 e. The molecule has 98 valence electrons. The molecular weight excluding hydrogens is 259 g/mol. The third kappa shape index (κ3) is 1.77. The molecule has 0 radical (unpaired) electrons. The Morgan fingerprint density at radius 2 is 2.15 bits per heavy atom. The summed E-state index contributed by atoms with van der Waals surface area (Å²) < 4.78 is 20.8. The molecule has 0 spiro atoms. The van der Waals surface area contributed by atoms with E-state index in [1.165, 1.54) is 13.2 Å². The molecule has 0 saturated heterocycles. The first-order valence-corrected chi connectivity index (χ1v) is 5.82. The lowest BCUT2D eigenvalue weighted by molar-refractivity contribution is 0.413. The van der Waals surface area contributed by atoms with Gasteiger partial charge in [-0.15, -0.1) is 10.2 Å². The van der Waals surface area contributed by atoms with Crippen molar-refractivity contribution >= 4 is 5.65 Å². The van der Waals surface area contributed by atoms with Gasteiger partial charge in [0.05, 0.1) is 24.3 Å². The Balaban J connectivity index is 2.29. The number of ether oxygens (including phenoxy) is 1.